The first-order chi connectivity index (χ1) is 8.74. The molecule has 2 N–H and O–H groups in total. The van der Waals surface area contributed by atoms with Crippen molar-refractivity contribution in [1.29, 1.82) is 0 Å². The summed E-state index contributed by atoms with van der Waals surface area (Å²) in [4.78, 5) is 8.20. The highest BCUT2D eigenvalue weighted by Crippen LogP contribution is 2.31. The monoisotopic (exact) mass is 238 g/mol. The van der Waals surface area contributed by atoms with Gasteiger partial charge in [0, 0.05) is 41.7 Å². The van der Waals surface area contributed by atoms with Crippen molar-refractivity contribution in [2.45, 2.75) is 0 Å². The Balaban J connectivity index is 2.23. The van der Waals surface area contributed by atoms with Gasteiger partial charge in [-0.25, -0.2) is 0 Å². The minimum atomic E-state index is 0.00385. The molecule has 0 fully saturated rings. The highest BCUT2D eigenvalue weighted by atomic mass is 16.3. The molecular formula is C14H10N2O2. The Labute approximate surface area is 103 Å². The third-order valence-corrected chi connectivity index (χ3v) is 2.78. The van der Waals surface area contributed by atoms with Crippen molar-refractivity contribution < 1.29 is 10.2 Å². The van der Waals surface area contributed by atoms with E-state index in [1.807, 2.05) is 18.2 Å². The predicted octanol–water partition coefficient (Wildman–Crippen LogP) is 2.71. The number of pyridine rings is 2. The van der Waals surface area contributed by atoms with Crippen molar-refractivity contribution in [1.82, 2.24) is 9.97 Å². The largest absolute Gasteiger partial charge is 0.508 e. The van der Waals surface area contributed by atoms with E-state index in [0.717, 1.165) is 11.1 Å². The summed E-state index contributed by atoms with van der Waals surface area (Å²) < 4.78 is 0. The smallest absolute Gasteiger partial charge is 0.128 e. The van der Waals surface area contributed by atoms with Crippen LogP contribution in [0, 0.1) is 0 Å². The third kappa shape index (κ3) is 1.73. The SMILES string of the molecule is Oc1cc(O)c2cc(-c3ccncc3)cnc2c1. The molecule has 0 aliphatic rings. The van der Waals surface area contributed by atoms with Gasteiger partial charge in [-0.15, -0.1) is 0 Å². The number of benzene rings is 1. The first kappa shape index (κ1) is 10.5. The van der Waals surface area contributed by atoms with Gasteiger partial charge in [0.2, 0.25) is 0 Å². The molecule has 0 saturated carbocycles. The van der Waals surface area contributed by atoms with Gasteiger partial charge >= 0.3 is 0 Å². The Hall–Kier alpha value is -2.62. The van der Waals surface area contributed by atoms with Crippen molar-refractivity contribution in [2.24, 2.45) is 0 Å². The van der Waals surface area contributed by atoms with Crippen LogP contribution in [0.3, 0.4) is 0 Å². The van der Waals surface area contributed by atoms with E-state index in [4.69, 9.17) is 0 Å². The van der Waals surface area contributed by atoms with Crippen molar-refractivity contribution in [2.75, 3.05) is 0 Å². The molecule has 2 heterocycles. The van der Waals surface area contributed by atoms with Gasteiger partial charge in [-0.1, -0.05) is 0 Å². The molecule has 88 valence electrons. The van der Waals surface area contributed by atoms with Crippen LogP contribution in [0.5, 0.6) is 11.5 Å². The van der Waals surface area contributed by atoms with Crippen LogP contribution in [0.4, 0.5) is 0 Å². The number of nitrogens with zero attached hydrogens (tertiary/aromatic N) is 2. The van der Waals surface area contributed by atoms with E-state index in [1.54, 1.807) is 18.6 Å². The van der Waals surface area contributed by atoms with Gasteiger partial charge in [-0.2, -0.15) is 0 Å². The maximum Gasteiger partial charge on any atom is 0.128 e. The lowest BCUT2D eigenvalue weighted by Crippen LogP contribution is -1.84. The molecule has 4 heteroatoms. The number of aromatic hydroxyl groups is 2. The fourth-order valence-corrected chi connectivity index (χ4v) is 1.90. The number of fused-ring (bicyclic) bond motifs is 1. The zero-order valence-electron chi connectivity index (χ0n) is 9.41. The van der Waals surface area contributed by atoms with Crippen LogP contribution in [0.25, 0.3) is 22.0 Å². The summed E-state index contributed by atoms with van der Waals surface area (Å²) >= 11 is 0. The molecule has 0 bridgehead atoms. The van der Waals surface area contributed by atoms with E-state index >= 15 is 0 Å². The lowest BCUT2D eigenvalue weighted by Gasteiger charge is -2.05. The predicted molar refractivity (Wildman–Crippen MR) is 68.3 cm³/mol. The molecular weight excluding hydrogens is 228 g/mol. The molecule has 3 rings (SSSR count). The summed E-state index contributed by atoms with van der Waals surface area (Å²) in [5, 5.41) is 19.8. The van der Waals surface area contributed by atoms with Crippen molar-refractivity contribution in [3.05, 3.63) is 48.9 Å². The zero-order valence-corrected chi connectivity index (χ0v) is 9.41. The number of rotatable bonds is 1. The zero-order chi connectivity index (χ0) is 12.5. The topological polar surface area (TPSA) is 66.2 Å². The number of aromatic nitrogens is 2. The lowest BCUT2D eigenvalue weighted by atomic mass is 10.1. The minimum Gasteiger partial charge on any atom is -0.508 e. The molecule has 1 aromatic carbocycles. The van der Waals surface area contributed by atoms with Crippen LogP contribution in [-0.4, -0.2) is 20.2 Å². The summed E-state index contributed by atoms with van der Waals surface area (Å²) in [5.74, 6) is 0.0255. The van der Waals surface area contributed by atoms with E-state index in [-0.39, 0.29) is 11.5 Å². The Morgan fingerprint density at radius 2 is 1.67 bits per heavy atom. The lowest BCUT2D eigenvalue weighted by molar-refractivity contribution is 0.455. The Morgan fingerprint density at radius 1 is 0.889 bits per heavy atom. The highest BCUT2D eigenvalue weighted by Gasteiger charge is 2.06. The fraction of sp³-hybridized carbons (Fsp3) is 0. The Kier molecular flexibility index (Phi) is 2.34. The van der Waals surface area contributed by atoms with Gasteiger partial charge in [0.25, 0.3) is 0 Å². The molecule has 2 aromatic heterocycles. The van der Waals surface area contributed by atoms with E-state index < -0.39 is 0 Å². The van der Waals surface area contributed by atoms with Crippen molar-refractivity contribution in [3.63, 3.8) is 0 Å². The average molecular weight is 238 g/mol. The molecule has 0 aliphatic carbocycles. The molecule has 0 radical (unpaired) electrons. The van der Waals surface area contributed by atoms with Crippen LogP contribution in [0.2, 0.25) is 0 Å². The van der Waals surface area contributed by atoms with Gasteiger partial charge in [0.1, 0.15) is 11.5 Å². The van der Waals surface area contributed by atoms with Crippen molar-refractivity contribution in [3.8, 4) is 22.6 Å². The van der Waals surface area contributed by atoms with E-state index in [0.29, 0.717) is 10.9 Å². The maximum absolute atomic E-state index is 9.81. The number of hydrogen-bond acceptors (Lipinski definition) is 4. The molecule has 18 heavy (non-hydrogen) atoms. The first-order valence-corrected chi connectivity index (χ1v) is 5.46. The normalized spacial score (nSPS) is 10.7. The van der Waals surface area contributed by atoms with Crippen LogP contribution in [0.1, 0.15) is 0 Å². The van der Waals surface area contributed by atoms with E-state index in [2.05, 4.69) is 9.97 Å². The van der Waals surface area contributed by atoms with E-state index in [1.165, 1.54) is 12.1 Å². The molecule has 0 unspecified atom stereocenters. The second-order valence-electron chi connectivity index (χ2n) is 3.99. The molecule has 0 spiro atoms. The molecule has 0 aliphatic heterocycles. The molecule has 0 saturated heterocycles. The summed E-state index contributed by atoms with van der Waals surface area (Å²) in [5.41, 5.74) is 2.43. The standard InChI is InChI=1S/C14H10N2O2/c17-11-6-13-12(14(18)7-11)5-10(8-16-13)9-1-3-15-4-2-9/h1-8,17-18H. The molecule has 0 atom stereocenters. The summed E-state index contributed by atoms with van der Waals surface area (Å²) in [6, 6.07) is 8.42. The summed E-state index contributed by atoms with van der Waals surface area (Å²) in [6.07, 6.45) is 5.11. The summed E-state index contributed by atoms with van der Waals surface area (Å²) in [6.45, 7) is 0. The average Bonchev–Trinajstić information content (AvgIpc) is 2.39. The second-order valence-corrected chi connectivity index (χ2v) is 3.99. The summed E-state index contributed by atoms with van der Waals surface area (Å²) in [7, 11) is 0. The molecule has 3 aromatic rings. The second kappa shape index (κ2) is 4.00. The van der Waals surface area contributed by atoms with Crippen LogP contribution >= 0.6 is 0 Å². The van der Waals surface area contributed by atoms with Gasteiger partial charge in [-0.3, -0.25) is 9.97 Å². The number of hydrogen-bond donors (Lipinski definition) is 2. The minimum absolute atomic E-state index is 0.00385. The third-order valence-electron chi connectivity index (χ3n) is 2.78. The number of phenolic OH excluding ortho intramolecular Hbond substituents is 2. The van der Waals surface area contributed by atoms with E-state index in [9.17, 15) is 10.2 Å². The van der Waals surface area contributed by atoms with Crippen LogP contribution in [-0.2, 0) is 0 Å². The van der Waals surface area contributed by atoms with Crippen LogP contribution < -0.4 is 0 Å². The molecule has 0 amide bonds. The van der Waals surface area contributed by atoms with Gasteiger partial charge in [-0.05, 0) is 23.8 Å². The Bertz CT molecular complexity index is 712. The van der Waals surface area contributed by atoms with Crippen LogP contribution in [0.15, 0.2) is 48.9 Å². The number of phenols is 2. The van der Waals surface area contributed by atoms with Gasteiger partial charge in [0.15, 0.2) is 0 Å². The fourth-order valence-electron chi connectivity index (χ4n) is 1.90. The first-order valence-electron chi connectivity index (χ1n) is 5.46. The van der Waals surface area contributed by atoms with Crippen molar-refractivity contribution >= 4 is 10.9 Å². The molecule has 4 nitrogen and oxygen atoms in total. The maximum atomic E-state index is 9.81. The Morgan fingerprint density at radius 3 is 2.44 bits per heavy atom. The highest BCUT2D eigenvalue weighted by molar-refractivity contribution is 5.89. The van der Waals surface area contributed by atoms with Gasteiger partial charge < -0.3 is 10.2 Å². The van der Waals surface area contributed by atoms with Gasteiger partial charge in [0.05, 0.1) is 5.52 Å². The quantitative estimate of drug-likeness (QED) is 0.684.